The zero-order valence-corrected chi connectivity index (χ0v) is 11.2. The first kappa shape index (κ1) is 14.3. The van der Waals surface area contributed by atoms with Gasteiger partial charge in [-0.3, -0.25) is 4.79 Å². The van der Waals surface area contributed by atoms with E-state index in [4.69, 9.17) is 5.11 Å². The van der Waals surface area contributed by atoms with Crippen LogP contribution in [-0.2, 0) is 4.79 Å². The van der Waals surface area contributed by atoms with Gasteiger partial charge < -0.3 is 15.3 Å². The molecule has 0 atom stereocenters. The summed E-state index contributed by atoms with van der Waals surface area (Å²) >= 11 is 0. The van der Waals surface area contributed by atoms with Crippen LogP contribution in [0.15, 0.2) is 18.2 Å². The third-order valence-corrected chi connectivity index (χ3v) is 3.65. The Morgan fingerprint density at radius 1 is 1.35 bits per heavy atom. The number of carbonyl (C=O) groups is 2. The number of hydrogen-bond donors (Lipinski definition) is 2. The second-order valence-corrected chi connectivity index (χ2v) is 4.85. The van der Waals surface area contributed by atoms with Crippen molar-refractivity contribution in [3.63, 3.8) is 0 Å². The van der Waals surface area contributed by atoms with E-state index in [0.29, 0.717) is 31.6 Å². The lowest BCUT2D eigenvalue weighted by atomic mass is 9.95. The molecule has 0 aromatic heterocycles. The zero-order valence-electron chi connectivity index (χ0n) is 11.2. The van der Waals surface area contributed by atoms with Crippen LogP contribution in [0, 0.1) is 11.7 Å². The van der Waals surface area contributed by atoms with Crippen LogP contribution in [0.5, 0.6) is 0 Å². The first-order chi connectivity index (χ1) is 9.52. The quantitative estimate of drug-likeness (QED) is 0.880. The molecular formula is C14H17FN2O3. The number of hydrogen-bond acceptors (Lipinski definition) is 3. The number of carboxylic acids is 1. The predicted molar refractivity (Wildman–Crippen MR) is 72.4 cm³/mol. The molecule has 0 saturated carbocycles. The molecule has 0 radical (unpaired) electrons. The van der Waals surface area contributed by atoms with Crippen molar-refractivity contribution in [3.8, 4) is 0 Å². The molecular weight excluding hydrogens is 263 g/mol. The lowest BCUT2D eigenvalue weighted by molar-refractivity contribution is -0.125. The van der Waals surface area contributed by atoms with Gasteiger partial charge in [-0.2, -0.15) is 0 Å². The summed E-state index contributed by atoms with van der Waals surface area (Å²) in [6.07, 6.45) is 1.33. The van der Waals surface area contributed by atoms with E-state index in [1.165, 1.54) is 12.1 Å². The van der Waals surface area contributed by atoms with E-state index in [9.17, 15) is 14.0 Å². The average molecular weight is 280 g/mol. The maximum Gasteiger partial charge on any atom is 0.335 e. The summed E-state index contributed by atoms with van der Waals surface area (Å²) in [4.78, 5) is 24.1. The highest BCUT2D eigenvalue weighted by Gasteiger charge is 2.25. The van der Waals surface area contributed by atoms with Crippen molar-refractivity contribution in [1.82, 2.24) is 5.32 Å². The summed E-state index contributed by atoms with van der Waals surface area (Å²) in [5.74, 6) is -1.69. The minimum absolute atomic E-state index is 0.0198. The van der Waals surface area contributed by atoms with Gasteiger partial charge in [-0.25, -0.2) is 9.18 Å². The molecule has 1 aliphatic rings. The number of nitrogens with zero attached hydrogens (tertiary/aromatic N) is 1. The second kappa shape index (κ2) is 5.90. The number of aromatic carboxylic acids is 1. The van der Waals surface area contributed by atoms with E-state index in [1.807, 2.05) is 4.90 Å². The van der Waals surface area contributed by atoms with Crippen molar-refractivity contribution in [3.05, 3.63) is 29.6 Å². The Labute approximate surface area is 116 Å². The molecule has 5 nitrogen and oxygen atoms in total. The predicted octanol–water partition coefficient (Wildman–Crippen LogP) is 1.49. The molecule has 1 aromatic rings. The Bertz CT molecular complexity index is 525. The maximum atomic E-state index is 13.9. The summed E-state index contributed by atoms with van der Waals surface area (Å²) in [6.45, 7) is 1.17. The minimum atomic E-state index is -1.14. The first-order valence-corrected chi connectivity index (χ1v) is 6.52. The van der Waals surface area contributed by atoms with E-state index in [0.717, 1.165) is 6.07 Å². The number of rotatable bonds is 3. The van der Waals surface area contributed by atoms with Gasteiger partial charge in [0, 0.05) is 26.1 Å². The molecule has 0 spiro atoms. The molecule has 6 heteroatoms. The van der Waals surface area contributed by atoms with E-state index in [-0.39, 0.29) is 17.4 Å². The zero-order chi connectivity index (χ0) is 14.7. The van der Waals surface area contributed by atoms with E-state index in [2.05, 4.69) is 5.32 Å². The van der Waals surface area contributed by atoms with Gasteiger partial charge in [-0.15, -0.1) is 0 Å². The van der Waals surface area contributed by atoms with Gasteiger partial charge in [0.15, 0.2) is 0 Å². The normalized spacial score (nSPS) is 16.0. The minimum Gasteiger partial charge on any atom is -0.478 e. The molecule has 1 aliphatic heterocycles. The Hall–Kier alpha value is -2.11. The molecule has 0 aliphatic carbocycles. The number of piperidine rings is 1. The van der Waals surface area contributed by atoms with Gasteiger partial charge in [0.25, 0.3) is 0 Å². The van der Waals surface area contributed by atoms with Crippen molar-refractivity contribution in [1.29, 1.82) is 0 Å². The Morgan fingerprint density at radius 3 is 2.50 bits per heavy atom. The largest absolute Gasteiger partial charge is 0.478 e. The SMILES string of the molecule is CNC(=O)C1CCN(c2ccc(C(=O)O)cc2F)CC1. The van der Waals surface area contributed by atoms with Crippen LogP contribution in [0.25, 0.3) is 0 Å². The fourth-order valence-corrected chi connectivity index (χ4v) is 2.48. The summed E-state index contributed by atoms with van der Waals surface area (Å²) in [6, 6.07) is 3.91. The van der Waals surface area contributed by atoms with Crippen molar-refractivity contribution >= 4 is 17.6 Å². The van der Waals surface area contributed by atoms with Crippen LogP contribution in [0.4, 0.5) is 10.1 Å². The lowest BCUT2D eigenvalue weighted by Gasteiger charge is -2.33. The summed E-state index contributed by atoms with van der Waals surface area (Å²) in [7, 11) is 1.61. The highest BCUT2D eigenvalue weighted by atomic mass is 19.1. The number of carboxylic acid groups (broad SMARTS) is 1. The van der Waals surface area contributed by atoms with Crippen LogP contribution in [0.2, 0.25) is 0 Å². The topological polar surface area (TPSA) is 69.6 Å². The smallest absolute Gasteiger partial charge is 0.335 e. The van der Waals surface area contributed by atoms with E-state index in [1.54, 1.807) is 7.05 Å². The molecule has 1 saturated heterocycles. The van der Waals surface area contributed by atoms with Crippen molar-refractivity contribution in [2.45, 2.75) is 12.8 Å². The summed E-state index contributed by atoms with van der Waals surface area (Å²) in [5, 5.41) is 11.4. The molecule has 1 fully saturated rings. The molecule has 2 N–H and O–H groups in total. The number of amides is 1. The highest BCUT2D eigenvalue weighted by molar-refractivity contribution is 5.88. The fourth-order valence-electron chi connectivity index (χ4n) is 2.48. The lowest BCUT2D eigenvalue weighted by Crippen LogP contribution is -2.39. The summed E-state index contributed by atoms with van der Waals surface area (Å²) < 4.78 is 13.9. The van der Waals surface area contributed by atoms with Gasteiger partial charge in [0.05, 0.1) is 11.3 Å². The van der Waals surface area contributed by atoms with Crippen molar-refractivity contribution < 1.29 is 19.1 Å². The molecule has 1 amide bonds. The number of anilines is 1. The highest BCUT2D eigenvalue weighted by Crippen LogP contribution is 2.26. The Balaban J connectivity index is 2.07. The first-order valence-electron chi connectivity index (χ1n) is 6.52. The third-order valence-electron chi connectivity index (χ3n) is 3.65. The molecule has 108 valence electrons. The summed E-state index contributed by atoms with van der Waals surface area (Å²) in [5.41, 5.74) is 0.330. The molecule has 0 bridgehead atoms. The van der Waals surface area contributed by atoms with Crippen molar-refractivity contribution in [2.24, 2.45) is 5.92 Å². The molecule has 20 heavy (non-hydrogen) atoms. The molecule has 2 rings (SSSR count). The fraction of sp³-hybridized carbons (Fsp3) is 0.429. The van der Waals surface area contributed by atoms with Crippen LogP contribution < -0.4 is 10.2 Å². The molecule has 1 heterocycles. The monoisotopic (exact) mass is 280 g/mol. The maximum absolute atomic E-state index is 13.9. The van der Waals surface area contributed by atoms with Crippen molar-refractivity contribution in [2.75, 3.05) is 25.0 Å². The van der Waals surface area contributed by atoms with Gasteiger partial charge in [-0.1, -0.05) is 0 Å². The van der Waals surface area contributed by atoms with Crippen LogP contribution in [-0.4, -0.2) is 37.1 Å². The van der Waals surface area contributed by atoms with E-state index >= 15 is 0 Å². The molecule has 1 aromatic carbocycles. The number of nitrogens with one attached hydrogen (secondary N) is 1. The third kappa shape index (κ3) is 2.89. The number of halogens is 1. The Kier molecular flexibility index (Phi) is 4.22. The van der Waals surface area contributed by atoms with Crippen LogP contribution in [0.3, 0.4) is 0 Å². The standard InChI is InChI=1S/C14H17FN2O3/c1-16-13(18)9-4-6-17(7-5-9)12-3-2-10(14(19)20)8-11(12)15/h2-3,8-9H,4-7H2,1H3,(H,16,18)(H,19,20). The van der Waals surface area contributed by atoms with Crippen LogP contribution in [0.1, 0.15) is 23.2 Å². The molecule has 0 unspecified atom stereocenters. The Morgan fingerprint density at radius 2 is 2.00 bits per heavy atom. The van der Waals surface area contributed by atoms with Gasteiger partial charge in [-0.05, 0) is 31.0 Å². The van der Waals surface area contributed by atoms with Gasteiger partial charge in [0.2, 0.25) is 5.91 Å². The van der Waals surface area contributed by atoms with E-state index < -0.39 is 11.8 Å². The number of benzene rings is 1. The average Bonchev–Trinajstić information content (AvgIpc) is 2.46. The van der Waals surface area contributed by atoms with Gasteiger partial charge in [0.1, 0.15) is 5.82 Å². The van der Waals surface area contributed by atoms with Crippen LogP contribution >= 0.6 is 0 Å². The number of carbonyl (C=O) groups excluding carboxylic acids is 1. The second-order valence-electron chi connectivity index (χ2n) is 4.85. The van der Waals surface area contributed by atoms with Gasteiger partial charge >= 0.3 is 5.97 Å².